The average molecular weight is 248 g/mol. The molecule has 2 rings (SSSR count). The molecule has 0 bridgehead atoms. The van der Waals surface area contributed by atoms with Crippen molar-refractivity contribution in [1.29, 1.82) is 0 Å². The van der Waals surface area contributed by atoms with Gasteiger partial charge in [-0.1, -0.05) is 17.7 Å². The first kappa shape index (κ1) is 13.5. The summed E-state index contributed by atoms with van der Waals surface area (Å²) in [4.78, 5) is 2.37. The van der Waals surface area contributed by atoms with Crippen molar-refractivity contribution < 1.29 is 4.74 Å². The van der Waals surface area contributed by atoms with Crippen LogP contribution < -0.4 is 5.73 Å². The normalized spacial score (nSPS) is 25.4. The van der Waals surface area contributed by atoms with Crippen LogP contribution in [0, 0.1) is 20.8 Å². The van der Waals surface area contributed by atoms with E-state index in [1.165, 1.54) is 22.3 Å². The van der Waals surface area contributed by atoms with Gasteiger partial charge in [0.15, 0.2) is 0 Å². The molecule has 0 amide bonds. The molecule has 18 heavy (non-hydrogen) atoms. The first-order valence-electron chi connectivity index (χ1n) is 6.64. The topological polar surface area (TPSA) is 38.5 Å². The van der Waals surface area contributed by atoms with Crippen molar-refractivity contribution in [2.75, 3.05) is 26.7 Å². The molecule has 100 valence electrons. The highest BCUT2D eigenvalue weighted by molar-refractivity contribution is 5.40. The fraction of sp³-hybridized carbons (Fsp3) is 0.600. The summed E-state index contributed by atoms with van der Waals surface area (Å²) >= 11 is 0. The van der Waals surface area contributed by atoms with Gasteiger partial charge in [0.25, 0.3) is 0 Å². The maximum atomic E-state index is 5.87. The first-order valence-corrected chi connectivity index (χ1v) is 6.64. The molecule has 1 fully saturated rings. The minimum absolute atomic E-state index is 0.101. The Morgan fingerprint density at radius 3 is 2.44 bits per heavy atom. The second kappa shape index (κ2) is 5.39. The predicted molar refractivity (Wildman–Crippen MR) is 74.8 cm³/mol. The number of ether oxygens (including phenoxy) is 1. The zero-order valence-corrected chi connectivity index (χ0v) is 11.9. The second-order valence-corrected chi connectivity index (χ2v) is 5.38. The molecule has 0 spiro atoms. The van der Waals surface area contributed by atoms with Crippen molar-refractivity contribution in [3.8, 4) is 0 Å². The fourth-order valence-corrected chi connectivity index (χ4v) is 3.12. The van der Waals surface area contributed by atoms with Crippen LogP contribution in [0.15, 0.2) is 12.1 Å². The highest BCUT2D eigenvalue weighted by atomic mass is 16.5. The van der Waals surface area contributed by atoms with Gasteiger partial charge in [0.2, 0.25) is 0 Å². The Labute approximate surface area is 110 Å². The third kappa shape index (κ3) is 2.44. The van der Waals surface area contributed by atoms with Crippen molar-refractivity contribution >= 4 is 0 Å². The molecule has 2 N–H and O–H groups in total. The number of nitrogens with zero attached hydrogens (tertiary/aromatic N) is 1. The molecule has 1 aromatic rings. The van der Waals surface area contributed by atoms with E-state index in [2.05, 4.69) is 44.9 Å². The standard InChI is InChI=1S/C15H24N2O/c1-10-7-11(2)14(12(3)8-10)15-13(9-16)18-6-5-17(15)4/h7-8,13,15H,5-6,9,16H2,1-4H3. The van der Waals surface area contributed by atoms with Crippen LogP contribution in [0.25, 0.3) is 0 Å². The highest BCUT2D eigenvalue weighted by Gasteiger charge is 2.32. The van der Waals surface area contributed by atoms with E-state index in [0.717, 1.165) is 13.2 Å². The summed E-state index contributed by atoms with van der Waals surface area (Å²) < 4.78 is 5.84. The van der Waals surface area contributed by atoms with Crippen LogP contribution in [-0.2, 0) is 4.74 Å². The zero-order chi connectivity index (χ0) is 13.3. The molecule has 0 radical (unpaired) electrons. The van der Waals surface area contributed by atoms with Crippen LogP contribution in [0.2, 0.25) is 0 Å². The monoisotopic (exact) mass is 248 g/mol. The molecular formula is C15H24N2O. The Bertz CT molecular complexity index is 407. The fourth-order valence-electron chi connectivity index (χ4n) is 3.12. The van der Waals surface area contributed by atoms with Crippen LogP contribution in [-0.4, -0.2) is 37.7 Å². The molecule has 1 aliphatic rings. The lowest BCUT2D eigenvalue weighted by atomic mass is 9.89. The molecule has 0 aromatic heterocycles. The minimum atomic E-state index is 0.101. The zero-order valence-electron chi connectivity index (χ0n) is 11.9. The van der Waals surface area contributed by atoms with E-state index in [4.69, 9.17) is 10.5 Å². The van der Waals surface area contributed by atoms with Gasteiger partial charge in [0.05, 0.1) is 18.8 Å². The van der Waals surface area contributed by atoms with E-state index in [0.29, 0.717) is 6.54 Å². The summed E-state index contributed by atoms with van der Waals surface area (Å²) in [6, 6.07) is 4.78. The molecule has 0 saturated carbocycles. The number of aryl methyl sites for hydroxylation is 3. The van der Waals surface area contributed by atoms with Crippen molar-refractivity contribution in [2.45, 2.75) is 32.9 Å². The number of rotatable bonds is 2. The maximum Gasteiger partial charge on any atom is 0.0894 e. The minimum Gasteiger partial charge on any atom is -0.374 e. The van der Waals surface area contributed by atoms with Gasteiger partial charge in [-0.25, -0.2) is 0 Å². The van der Waals surface area contributed by atoms with Gasteiger partial charge >= 0.3 is 0 Å². The van der Waals surface area contributed by atoms with E-state index in [1.54, 1.807) is 0 Å². The number of morpholine rings is 1. The van der Waals surface area contributed by atoms with Crippen LogP contribution in [0.5, 0.6) is 0 Å². The van der Waals surface area contributed by atoms with E-state index in [1.807, 2.05) is 0 Å². The van der Waals surface area contributed by atoms with Gasteiger partial charge in [-0.05, 0) is 44.5 Å². The smallest absolute Gasteiger partial charge is 0.0894 e. The highest BCUT2D eigenvalue weighted by Crippen LogP contribution is 2.33. The summed E-state index contributed by atoms with van der Waals surface area (Å²) in [5.41, 5.74) is 11.3. The van der Waals surface area contributed by atoms with E-state index >= 15 is 0 Å². The van der Waals surface area contributed by atoms with Gasteiger partial charge in [-0.3, -0.25) is 4.90 Å². The molecule has 2 unspecified atom stereocenters. The lowest BCUT2D eigenvalue weighted by Gasteiger charge is -2.40. The summed E-state index contributed by atoms with van der Waals surface area (Å²) in [6.07, 6.45) is 0.101. The van der Waals surface area contributed by atoms with E-state index in [9.17, 15) is 0 Å². The number of nitrogens with two attached hydrogens (primary N) is 1. The van der Waals surface area contributed by atoms with Crippen LogP contribution in [0.3, 0.4) is 0 Å². The molecule has 1 aromatic carbocycles. The number of likely N-dealkylation sites (N-methyl/N-ethyl adjacent to an activating group) is 1. The van der Waals surface area contributed by atoms with Crippen LogP contribution >= 0.6 is 0 Å². The van der Waals surface area contributed by atoms with E-state index < -0.39 is 0 Å². The molecule has 3 nitrogen and oxygen atoms in total. The van der Waals surface area contributed by atoms with E-state index in [-0.39, 0.29) is 12.1 Å². The average Bonchev–Trinajstić information content (AvgIpc) is 2.29. The molecule has 1 aliphatic heterocycles. The molecule has 1 heterocycles. The van der Waals surface area contributed by atoms with Gasteiger partial charge in [0.1, 0.15) is 0 Å². The van der Waals surface area contributed by atoms with Gasteiger partial charge < -0.3 is 10.5 Å². The summed E-state index contributed by atoms with van der Waals surface area (Å²) in [5.74, 6) is 0. The predicted octanol–water partition coefficient (Wildman–Crippen LogP) is 1.94. The Morgan fingerprint density at radius 1 is 1.28 bits per heavy atom. The lowest BCUT2D eigenvalue weighted by molar-refractivity contribution is -0.0580. The van der Waals surface area contributed by atoms with Gasteiger partial charge in [0, 0.05) is 13.1 Å². The summed E-state index contributed by atoms with van der Waals surface area (Å²) in [7, 11) is 2.16. The maximum absolute atomic E-state index is 5.87. The summed E-state index contributed by atoms with van der Waals surface area (Å²) in [5, 5.41) is 0. The van der Waals surface area contributed by atoms with Crippen molar-refractivity contribution in [3.05, 3.63) is 34.4 Å². The molecular weight excluding hydrogens is 224 g/mol. The molecule has 2 atom stereocenters. The molecule has 3 heteroatoms. The van der Waals surface area contributed by atoms with Crippen molar-refractivity contribution in [3.63, 3.8) is 0 Å². The largest absolute Gasteiger partial charge is 0.374 e. The van der Waals surface area contributed by atoms with Gasteiger partial charge in [-0.15, -0.1) is 0 Å². The molecule has 0 aliphatic carbocycles. The Kier molecular flexibility index (Phi) is 4.05. The Hall–Kier alpha value is -0.900. The quantitative estimate of drug-likeness (QED) is 0.869. The van der Waals surface area contributed by atoms with Crippen molar-refractivity contribution in [1.82, 2.24) is 4.90 Å². The number of hydrogen-bond acceptors (Lipinski definition) is 3. The summed E-state index contributed by atoms with van der Waals surface area (Å²) in [6.45, 7) is 8.83. The lowest BCUT2D eigenvalue weighted by Crippen LogP contribution is -2.46. The van der Waals surface area contributed by atoms with Gasteiger partial charge in [-0.2, -0.15) is 0 Å². The second-order valence-electron chi connectivity index (χ2n) is 5.38. The van der Waals surface area contributed by atoms with Crippen LogP contribution in [0.4, 0.5) is 0 Å². The number of hydrogen-bond donors (Lipinski definition) is 1. The van der Waals surface area contributed by atoms with Crippen LogP contribution in [0.1, 0.15) is 28.3 Å². The Morgan fingerprint density at radius 2 is 1.89 bits per heavy atom. The Balaban J connectivity index is 2.45. The molecule has 1 saturated heterocycles. The number of benzene rings is 1. The van der Waals surface area contributed by atoms with Crippen molar-refractivity contribution in [2.24, 2.45) is 5.73 Å². The third-order valence-corrected chi connectivity index (χ3v) is 3.87. The first-order chi connectivity index (χ1) is 8.54. The third-order valence-electron chi connectivity index (χ3n) is 3.87. The SMILES string of the molecule is Cc1cc(C)c(C2C(CN)OCCN2C)c(C)c1.